The van der Waals surface area contributed by atoms with E-state index in [1.165, 1.54) is 6.08 Å². The molecule has 0 spiro atoms. The lowest BCUT2D eigenvalue weighted by Crippen LogP contribution is -2.07. The number of allylic oxidation sites excluding steroid dienone is 1. The average molecular weight is 487 g/mol. The fraction of sp³-hybridized carbons (Fsp3) is 0.821. The standard InChI is InChI=1S/C10H20O2.C10H18O2.C8H16O2/c2*1-4-9(5-2)7-8-10(11)12-6-3;1-3-7(4-2)5-6-8(9)10/h9H,4-8H2,1-3H3;7-9H,4-6H2,1-3H3;7H,3-6H2,1-2H3,(H,9,10)/b;8-7+;. The Bertz CT molecular complexity index is 503. The summed E-state index contributed by atoms with van der Waals surface area (Å²) in [7, 11) is 0. The topological polar surface area (TPSA) is 89.9 Å². The van der Waals surface area contributed by atoms with Crippen LogP contribution in [0.2, 0.25) is 0 Å². The first-order valence-electron chi connectivity index (χ1n) is 13.4. The number of hydrogen-bond donors (Lipinski definition) is 1. The van der Waals surface area contributed by atoms with E-state index in [4.69, 9.17) is 14.6 Å². The summed E-state index contributed by atoms with van der Waals surface area (Å²) < 4.78 is 9.60. The van der Waals surface area contributed by atoms with Crippen LogP contribution < -0.4 is 0 Å². The summed E-state index contributed by atoms with van der Waals surface area (Å²) in [5.74, 6) is 0.848. The average Bonchev–Trinajstić information content (AvgIpc) is 2.82. The van der Waals surface area contributed by atoms with Crippen molar-refractivity contribution in [1.82, 2.24) is 0 Å². The molecule has 34 heavy (non-hydrogen) atoms. The van der Waals surface area contributed by atoms with Crippen LogP contribution in [0, 0.1) is 17.8 Å². The molecule has 0 rings (SSSR count). The second-order valence-electron chi connectivity index (χ2n) is 8.33. The van der Waals surface area contributed by atoms with Crippen molar-refractivity contribution < 1.29 is 29.0 Å². The van der Waals surface area contributed by atoms with Crippen LogP contribution in [0.1, 0.15) is 120 Å². The summed E-state index contributed by atoms with van der Waals surface area (Å²) in [5.41, 5.74) is 0. The normalized spacial score (nSPS) is 10.6. The summed E-state index contributed by atoms with van der Waals surface area (Å²) in [6, 6.07) is 0. The van der Waals surface area contributed by atoms with E-state index in [1.807, 2.05) is 19.9 Å². The molecule has 0 aromatic rings. The fourth-order valence-electron chi connectivity index (χ4n) is 3.24. The Balaban J connectivity index is -0.000000426. The maximum atomic E-state index is 11.0. The molecule has 1 N–H and O–H groups in total. The molecule has 0 aliphatic rings. The molecule has 0 unspecified atom stereocenters. The Morgan fingerprint density at radius 1 is 0.676 bits per heavy atom. The summed E-state index contributed by atoms with van der Waals surface area (Å²) in [5, 5.41) is 8.35. The van der Waals surface area contributed by atoms with Gasteiger partial charge in [0, 0.05) is 18.9 Å². The molecule has 0 aliphatic carbocycles. The van der Waals surface area contributed by atoms with Crippen LogP contribution in [-0.4, -0.2) is 36.2 Å². The zero-order valence-electron chi connectivity index (χ0n) is 23.4. The lowest BCUT2D eigenvalue weighted by atomic mass is 9.98. The van der Waals surface area contributed by atoms with Crippen molar-refractivity contribution in [2.45, 2.75) is 120 Å². The van der Waals surface area contributed by atoms with Crippen LogP contribution in [0.15, 0.2) is 12.2 Å². The lowest BCUT2D eigenvalue weighted by Gasteiger charge is -2.10. The molecule has 0 bridgehead atoms. The molecule has 0 fully saturated rings. The third-order valence-electron chi connectivity index (χ3n) is 5.98. The minimum absolute atomic E-state index is 0.0515. The predicted molar refractivity (Wildman–Crippen MR) is 141 cm³/mol. The highest BCUT2D eigenvalue weighted by Crippen LogP contribution is 2.15. The van der Waals surface area contributed by atoms with Gasteiger partial charge in [0.25, 0.3) is 0 Å². The Morgan fingerprint density at radius 2 is 1.12 bits per heavy atom. The van der Waals surface area contributed by atoms with Gasteiger partial charge in [-0.05, 0) is 57.3 Å². The van der Waals surface area contributed by atoms with E-state index >= 15 is 0 Å². The second kappa shape index (κ2) is 27.4. The van der Waals surface area contributed by atoms with Crippen LogP contribution in [0.5, 0.6) is 0 Å². The lowest BCUT2D eigenvalue weighted by molar-refractivity contribution is -0.143. The molecular formula is C28H54O6. The highest BCUT2D eigenvalue weighted by atomic mass is 16.5. The fourth-order valence-corrected chi connectivity index (χ4v) is 3.24. The van der Waals surface area contributed by atoms with Crippen molar-refractivity contribution in [3.8, 4) is 0 Å². The van der Waals surface area contributed by atoms with Gasteiger partial charge in [-0.25, -0.2) is 4.79 Å². The Labute approximate surface area is 209 Å². The van der Waals surface area contributed by atoms with Crippen LogP contribution in [-0.2, 0) is 23.9 Å². The van der Waals surface area contributed by atoms with Crippen molar-refractivity contribution in [1.29, 1.82) is 0 Å². The highest BCUT2D eigenvalue weighted by Gasteiger charge is 2.07. The zero-order chi connectivity index (χ0) is 26.8. The van der Waals surface area contributed by atoms with Crippen molar-refractivity contribution in [3.63, 3.8) is 0 Å². The predicted octanol–water partition coefficient (Wildman–Crippen LogP) is 7.60. The quantitative estimate of drug-likeness (QED) is 0.178. The van der Waals surface area contributed by atoms with E-state index in [9.17, 15) is 14.4 Å². The van der Waals surface area contributed by atoms with Crippen LogP contribution in [0.4, 0.5) is 0 Å². The van der Waals surface area contributed by atoms with Gasteiger partial charge in [0.2, 0.25) is 0 Å². The number of carbonyl (C=O) groups excluding carboxylic acids is 2. The number of carboxylic acid groups (broad SMARTS) is 1. The summed E-state index contributed by atoms with van der Waals surface area (Å²) in [4.78, 5) is 32.0. The van der Waals surface area contributed by atoms with Gasteiger partial charge < -0.3 is 14.6 Å². The Kier molecular flexibility index (Phi) is 29.6. The van der Waals surface area contributed by atoms with Gasteiger partial charge in [0.1, 0.15) is 0 Å². The molecule has 0 radical (unpaired) electrons. The molecule has 0 saturated heterocycles. The van der Waals surface area contributed by atoms with E-state index in [-0.39, 0.29) is 11.9 Å². The monoisotopic (exact) mass is 486 g/mol. The van der Waals surface area contributed by atoms with E-state index < -0.39 is 5.97 Å². The molecule has 6 heteroatoms. The van der Waals surface area contributed by atoms with Gasteiger partial charge in [-0.2, -0.15) is 0 Å². The Morgan fingerprint density at radius 3 is 1.47 bits per heavy atom. The van der Waals surface area contributed by atoms with Gasteiger partial charge in [0.05, 0.1) is 13.2 Å². The van der Waals surface area contributed by atoms with Gasteiger partial charge in [-0.3, -0.25) is 9.59 Å². The number of esters is 2. The Hall–Kier alpha value is -1.85. The first-order valence-corrected chi connectivity index (χ1v) is 13.4. The van der Waals surface area contributed by atoms with Gasteiger partial charge in [-0.15, -0.1) is 0 Å². The molecular weight excluding hydrogens is 432 g/mol. The molecule has 0 aliphatic heterocycles. The number of aliphatic carboxylic acids is 1. The zero-order valence-corrected chi connectivity index (χ0v) is 23.4. The first-order chi connectivity index (χ1) is 16.2. The number of carbonyl (C=O) groups is 3. The van der Waals surface area contributed by atoms with Crippen LogP contribution in [0.3, 0.4) is 0 Å². The molecule has 6 nitrogen and oxygen atoms in total. The van der Waals surface area contributed by atoms with Gasteiger partial charge in [-0.1, -0.05) is 73.3 Å². The van der Waals surface area contributed by atoms with E-state index in [2.05, 4.69) is 41.5 Å². The molecule has 0 aromatic carbocycles. The second-order valence-corrected chi connectivity index (χ2v) is 8.33. The van der Waals surface area contributed by atoms with Gasteiger partial charge in [0.15, 0.2) is 0 Å². The number of ether oxygens (including phenoxy) is 2. The smallest absolute Gasteiger partial charge is 0.330 e. The molecule has 202 valence electrons. The van der Waals surface area contributed by atoms with Crippen molar-refractivity contribution in [2.24, 2.45) is 17.8 Å². The summed E-state index contributed by atoms with van der Waals surface area (Å²) in [6.07, 6.45) is 12.9. The third-order valence-corrected chi connectivity index (χ3v) is 5.98. The molecule has 0 atom stereocenters. The highest BCUT2D eigenvalue weighted by molar-refractivity contribution is 5.81. The molecule has 0 aromatic heterocycles. The minimum Gasteiger partial charge on any atom is -0.481 e. The number of hydrogen-bond acceptors (Lipinski definition) is 5. The largest absolute Gasteiger partial charge is 0.481 e. The van der Waals surface area contributed by atoms with Crippen molar-refractivity contribution >= 4 is 17.9 Å². The van der Waals surface area contributed by atoms with E-state index in [1.54, 1.807) is 0 Å². The van der Waals surface area contributed by atoms with Gasteiger partial charge >= 0.3 is 17.9 Å². The minimum atomic E-state index is -0.674. The molecule has 0 saturated carbocycles. The summed E-state index contributed by atoms with van der Waals surface area (Å²) in [6.45, 7) is 17.4. The maximum Gasteiger partial charge on any atom is 0.330 e. The van der Waals surface area contributed by atoms with Crippen LogP contribution in [0.25, 0.3) is 0 Å². The molecule has 0 amide bonds. The SMILES string of the molecule is CCC(CC)CCC(=O)O.CCOC(=O)/C=C/C(CC)CC.CCOC(=O)CCC(CC)CC. The van der Waals surface area contributed by atoms with Crippen molar-refractivity contribution in [2.75, 3.05) is 13.2 Å². The van der Waals surface area contributed by atoms with Crippen LogP contribution >= 0.6 is 0 Å². The number of rotatable bonds is 16. The van der Waals surface area contributed by atoms with E-state index in [0.29, 0.717) is 43.8 Å². The summed E-state index contributed by atoms with van der Waals surface area (Å²) >= 11 is 0. The first kappa shape index (κ1) is 36.7. The maximum absolute atomic E-state index is 11.0. The third kappa shape index (κ3) is 26.4. The number of carboxylic acids is 1. The van der Waals surface area contributed by atoms with Crippen molar-refractivity contribution in [3.05, 3.63) is 12.2 Å². The van der Waals surface area contributed by atoms with E-state index in [0.717, 1.165) is 51.4 Å². The molecule has 0 heterocycles.